The lowest BCUT2D eigenvalue weighted by molar-refractivity contribution is 0.360. The van der Waals surface area contributed by atoms with Gasteiger partial charge in [-0.25, -0.2) is 8.78 Å². The van der Waals surface area contributed by atoms with Crippen LogP contribution in [-0.2, 0) is 0 Å². The predicted octanol–water partition coefficient (Wildman–Crippen LogP) is 2.34. The quantitative estimate of drug-likeness (QED) is 0.833. The molecule has 1 aromatic carbocycles. The largest absolute Gasteiger partial charge is 0.491 e. The highest BCUT2D eigenvalue weighted by atomic mass is 19.1. The summed E-state index contributed by atoms with van der Waals surface area (Å²) in [6.07, 6.45) is 4.06. The summed E-state index contributed by atoms with van der Waals surface area (Å²) in [7, 11) is 1.23. The first-order valence-corrected chi connectivity index (χ1v) is 4.58. The first kappa shape index (κ1) is 11.7. The van der Waals surface area contributed by atoms with Gasteiger partial charge in [0, 0.05) is 0 Å². The number of ether oxygens (including phenoxy) is 1. The number of hydrogen-bond acceptors (Lipinski definition) is 2. The molecule has 0 spiro atoms. The molecule has 0 bridgehead atoms. The van der Waals surface area contributed by atoms with E-state index in [0.29, 0.717) is 18.5 Å². The molecule has 0 unspecified atom stereocenters. The molecule has 0 saturated carbocycles. The number of benzene rings is 1. The minimum atomic E-state index is -0.704. The lowest BCUT2D eigenvalue weighted by Crippen LogP contribution is -1.95. The van der Waals surface area contributed by atoms with Crippen LogP contribution in [0.25, 0.3) is 6.08 Å². The van der Waals surface area contributed by atoms with E-state index in [1.165, 1.54) is 19.2 Å². The second-order valence-electron chi connectivity index (χ2n) is 3.00. The fourth-order valence-electron chi connectivity index (χ4n) is 1.19. The van der Waals surface area contributed by atoms with Crippen LogP contribution >= 0.6 is 0 Å². The number of methoxy groups -OCH3 is 1. The topological polar surface area (TPSA) is 35.2 Å². The van der Waals surface area contributed by atoms with Crippen LogP contribution in [0.15, 0.2) is 18.2 Å². The summed E-state index contributed by atoms with van der Waals surface area (Å²) in [6, 6.07) is 2.43. The number of rotatable bonds is 4. The lowest BCUT2D eigenvalue weighted by Gasteiger charge is -2.04. The van der Waals surface area contributed by atoms with Crippen molar-refractivity contribution in [3.8, 4) is 5.75 Å². The Morgan fingerprint density at radius 3 is 2.40 bits per heavy atom. The molecule has 0 aliphatic carbocycles. The van der Waals surface area contributed by atoms with Crippen LogP contribution in [0, 0.1) is 11.6 Å². The van der Waals surface area contributed by atoms with Gasteiger partial charge in [-0.05, 0) is 30.7 Å². The van der Waals surface area contributed by atoms with E-state index in [-0.39, 0.29) is 5.75 Å². The van der Waals surface area contributed by atoms with Crippen LogP contribution in [0.4, 0.5) is 8.78 Å². The van der Waals surface area contributed by atoms with Gasteiger partial charge in [-0.3, -0.25) is 0 Å². The normalized spacial score (nSPS) is 10.9. The monoisotopic (exact) mass is 213 g/mol. The molecular formula is C11H13F2NO. The van der Waals surface area contributed by atoms with E-state index in [2.05, 4.69) is 4.74 Å². The van der Waals surface area contributed by atoms with E-state index in [4.69, 9.17) is 5.73 Å². The van der Waals surface area contributed by atoms with Crippen molar-refractivity contribution >= 4 is 6.08 Å². The van der Waals surface area contributed by atoms with E-state index in [1.807, 2.05) is 0 Å². The molecule has 0 amide bonds. The second kappa shape index (κ2) is 5.46. The Hall–Kier alpha value is -1.42. The molecule has 0 saturated heterocycles. The molecule has 2 nitrogen and oxygen atoms in total. The zero-order valence-corrected chi connectivity index (χ0v) is 8.47. The average Bonchev–Trinajstić information content (AvgIpc) is 2.18. The molecule has 82 valence electrons. The Bertz CT molecular complexity index is 341. The minimum Gasteiger partial charge on any atom is -0.491 e. The first-order chi connectivity index (χ1) is 7.19. The van der Waals surface area contributed by atoms with Gasteiger partial charge in [0.2, 0.25) is 0 Å². The lowest BCUT2D eigenvalue weighted by atomic mass is 10.1. The molecule has 4 heteroatoms. The molecule has 2 N–H and O–H groups in total. The van der Waals surface area contributed by atoms with Crippen molar-refractivity contribution in [2.24, 2.45) is 5.73 Å². The van der Waals surface area contributed by atoms with Crippen LogP contribution in [0.2, 0.25) is 0 Å². The minimum absolute atomic E-state index is 0.356. The van der Waals surface area contributed by atoms with Crippen molar-refractivity contribution in [2.45, 2.75) is 6.42 Å². The number of nitrogens with two attached hydrogens (primary N) is 1. The van der Waals surface area contributed by atoms with Crippen molar-refractivity contribution in [3.05, 3.63) is 35.4 Å². The fraction of sp³-hybridized carbons (Fsp3) is 0.273. The van der Waals surface area contributed by atoms with Gasteiger partial charge in [0.15, 0.2) is 17.4 Å². The molecular weight excluding hydrogens is 200 g/mol. The molecule has 1 aromatic rings. The summed E-state index contributed by atoms with van der Waals surface area (Å²) in [5.74, 6) is -1.76. The summed E-state index contributed by atoms with van der Waals surface area (Å²) >= 11 is 0. The van der Waals surface area contributed by atoms with Crippen LogP contribution < -0.4 is 10.5 Å². The highest BCUT2D eigenvalue weighted by molar-refractivity contribution is 5.51. The van der Waals surface area contributed by atoms with Crippen LogP contribution in [0.1, 0.15) is 12.0 Å². The highest BCUT2D eigenvalue weighted by Gasteiger charge is 2.09. The first-order valence-electron chi connectivity index (χ1n) is 4.58. The van der Waals surface area contributed by atoms with E-state index >= 15 is 0 Å². The molecule has 0 radical (unpaired) electrons. The Morgan fingerprint density at radius 1 is 1.33 bits per heavy atom. The standard InChI is InChI=1S/C11H13F2NO/c1-15-11-9(12)6-8(7-10(11)13)4-2-3-5-14/h2,4,6-7H,3,5,14H2,1H3. The Balaban J connectivity index is 2.93. The fourth-order valence-corrected chi connectivity index (χ4v) is 1.19. The number of halogens is 2. The maximum Gasteiger partial charge on any atom is 0.190 e. The van der Waals surface area contributed by atoms with Gasteiger partial charge in [-0.1, -0.05) is 12.2 Å². The van der Waals surface area contributed by atoms with Gasteiger partial charge in [0.1, 0.15) is 0 Å². The zero-order valence-electron chi connectivity index (χ0n) is 8.47. The van der Waals surface area contributed by atoms with Gasteiger partial charge >= 0.3 is 0 Å². The summed E-state index contributed by atoms with van der Waals surface area (Å²) in [5.41, 5.74) is 5.74. The smallest absolute Gasteiger partial charge is 0.190 e. The second-order valence-corrected chi connectivity index (χ2v) is 3.00. The summed E-state index contributed by atoms with van der Waals surface area (Å²) < 4.78 is 31.0. The van der Waals surface area contributed by atoms with Gasteiger partial charge in [0.05, 0.1) is 7.11 Å². The third-order valence-electron chi connectivity index (χ3n) is 1.87. The molecule has 0 aliphatic rings. The maximum atomic E-state index is 13.2. The Morgan fingerprint density at radius 2 is 1.93 bits per heavy atom. The maximum absolute atomic E-state index is 13.2. The zero-order chi connectivity index (χ0) is 11.3. The molecule has 0 fully saturated rings. The Kier molecular flexibility index (Phi) is 4.24. The van der Waals surface area contributed by atoms with E-state index in [9.17, 15) is 8.78 Å². The third kappa shape index (κ3) is 3.02. The summed E-state index contributed by atoms with van der Waals surface area (Å²) in [5, 5.41) is 0. The van der Waals surface area contributed by atoms with Crippen molar-refractivity contribution < 1.29 is 13.5 Å². The van der Waals surface area contributed by atoms with Crippen LogP contribution in [0.3, 0.4) is 0 Å². The molecule has 0 aromatic heterocycles. The molecule has 0 heterocycles. The molecule has 15 heavy (non-hydrogen) atoms. The van der Waals surface area contributed by atoms with Crippen molar-refractivity contribution in [1.82, 2.24) is 0 Å². The van der Waals surface area contributed by atoms with E-state index < -0.39 is 11.6 Å². The Labute approximate surface area is 87.4 Å². The average molecular weight is 213 g/mol. The third-order valence-corrected chi connectivity index (χ3v) is 1.87. The highest BCUT2D eigenvalue weighted by Crippen LogP contribution is 2.23. The van der Waals surface area contributed by atoms with Gasteiger partial charge < -0.3 is 10.5 Å². The van der Waals surface area contributed by atoms with Crippen molar-refractivity contribution in [3.63, 3.8) is 0 Å². The molecule has 1 rings (SSSR count). The van der Waals surface area contributed by atoms with Crippen molar-refractivity contribution in [2.75, 3.05) is 13.7 Å². The van der Waals surface area contributed by atoms with Gasteiger partial charge in [0.25, 0.3) is 0 Å². The van der Waals surface area contributed by atoms with Gasteiger partial charge in [-0.2, -0.15) is 0 Å². The number of hydrogen-bond donors (Lipinski definition) is 1. The predicted molar refractivity (Wildman–Crippen MR) is 55.6 cm³/mol. The van der Waals surface area contributed by atoms with E-state index in [0.717, 1.165) is 0 Å². The van der Waals surface area contributed by atoms with Gasteiger partial charge in [-0.15, -0.1) is 0 Å². The molecule has 0 aliphatic heterocycles. The summed E-state index contributed by atoms with van der Waals surface area (Å²) in [4.78, 5) is 0. The van der Waals surface area contributed by atoms with Crippen LogP contribution in [-0.4, -0.2) is 13.7 Å². The van der Waals surface area contributed by atoms with Crippen molar-refractivity contribution in [1.29, 1.82) is 0 Å². The molecule has 0 atom stereocenters. The van der Waals surface area contributed by atoms with Crippen LogP contribution in [0.5, 0.6) is 5.75 Å². The van der Waals surface area contributed by atoms with E-state index in [1.54, 1.807) is 12.2 Å². The SMILES string of the molecule is COc1c(F)cc(C=CCCN)cc1F. The summed E-state index contributed by atoms with van der Waals surface area (Å²) in [6.45, 7) is 0.512.